The van der Waals surface area contributed by atoms with Gasteiger partial charge in [-0.15, -0.1) is 0 Å². The van der Waals surface area contributed by atoms with Gasteiger partial charge in [-0.25, -0.2) is 4.79 Å². The fraction of sp³-hybridized carbons (Fsp3) is 0.467. The van der Waals surface area contributed by atoms with Crippen molar-refractivity contribution >= 4 is 11.9 Å². The molecule has 0 amide bonds. The van der Waals surface area contributed by atoms with Gasteiger partial charge in [0.05, 0.1) is 12.0 Å². The van der Waals surface area contributed by atoms with E-state index >= 15 is 0 Å². The van der Waals surface area contributed by atoms with Gasteiger partial charge >= 0.3 is 11.9 Å². The third-order valence-corrected chi connectivity index (χ3v) is 3.37. The number of carbonyl (C=O) groups excluding carboxylic acids is 1. The highest BCUT2D eigenvalue weighted by Gasteiger charge is 2.18. The predicted octanol–water partition coefficient (Wildman–Crippen LogP) is 2.80. The number of rotatable bonds is 4. The first-order valence-electron chi connectivity index (χ1n) is 6.67. The van der Waals surface area contributed by atoms with Gasteiger partial charge < -0.3 is 9.84 Å². The first-order chi connectivity index (χ1) is 9.15. The molecule has 1 saturated carbocycles. The van der Waals surface area contributed by atoms with Crippen LogP contribution in [-0.2, 0) is 16.0 Å². The highest BCUT2D eigenvalue weighted by molar-refractivity contribution is 5.89. The molecule has 0 unspecified atom stereocenters. The van der Waals surface area contributed by atoms with Crippen molar-refractivity contribution in [2.45, 2.75) is 44.6 Å². The second kappa shape index (κ2) is 6.36. The standard InChI is InChI=1S/C15H18O4/c16-14(17)10-11-6-8-12(9-7-11)15(18)19-13-4-2-1-3-5-13/h6-9,13H,1-5,10H2,(H,16,17). The Balaban J connectivity index is 1.93. The molecule has 1 aliphatic carbocycles. The van der Waals surface area contributed by atoms with Crippen molar-refractivity contribution in [2.24, 2.45) is 0 Å². The largest absolute Gasteiger partial charge is 0.481 e. The van der Waals surface area contributed by atoms with E-state index < -0.39 is 5.97 Å². The van der Waals surface area contributed by atoms with E-state index in [9.17, 15) is 9.59 Å². The van der Waals surface area contributed by atoms with Crippen LogP contribution in [0, 0.1) is 0 Å². The summed E-state index contributed by atoms with van der Waals surface area (Å²) in [6.07, 6.45) is 5.37. The van der Waals surface area contributed by atoms with E-state index in [1.165, 1.54) is 6.42 Å². The highest BCUT2D eigenvalue weighted by Crippen LogP contribution is 2.21. The van der Waals surface area contributed by atoms with Crippen molar-refractivity contribution in [1.29, 1.82) is 0 Å². The Bertz CT molecular complexity index is 444. The lowest BCUT2D eigenvalue weighted by molar-refractivity contribution is -0.136. The summed E-state index contributed by atoms with van der Waals surface area (Å²) in [5.74, 6) is -1.19. The maximum absolute atomic E-state index is 11.9. The zero-order valence-electron chi connectivity index (χ0n) is 10.8. The van der Waals surface area contributed by atoms with Crippen LogP contribution in [0.1, 0.15) is 48.0 Å². The monoisotopic (exact) mass is 262 g/mol. The fourth-order valence-corrected chi connectivity index (χ4v) is 2.34. The highest BCUT2D eigenvalue weighted by atomic mass is 16.5. The third-order valence-electron chi connectivity index (χ3n) is 3.37. The zero-order valence-corrected chi connectivity index (χ0v) is 10.8. The topological polar surface area (TPSA) is 63.6 Å². The number of carboxylic acid groups (broad SMARTS) is 1. The molecule has 2 rings (SSSR count). The first kappa shape index (κ1) is 13.6. The number of esters is 1. The minimum absolute atomic E-state index is 0.0298. The van der Waals surface area contributed by atoms with E-state index in [1.54, 1.807) is 24.3 Å². The minimum atomic E-state index is -0.877. The van der Waals surface area contributed by atoms with E-state index in [1.807, 2.05) is 0 Å². The first-order valence-corrected chi connectivity index (χ1v) is 6.67. The number of ether oxygens (including phenoxy) is 1. The third kappa shape index (κ3) is 4.09. The number of carbonyl (C=O) groups is 2. The fourth-order valence-electron chi connectivity index (χ4n) is 2.34. The number of hydrogen-bond acceptors (Lipinski definition) is 3. The summed E-state index contributed by atoms with van der Waals surface area (Å²) < 4.78 is 5.44. The smallest absolute Gasteiger partial charge is 0.338 e. The molecule has 1 N–H and O–H groups in total. The molecule has 0 bridgehead atoms. The molecule has 0 aliphatic heterocycles. The maximum atomic E-state index is 11.9. The second-order valence-corrected chi connectivity index (χ2v) is 4.93. The lowest BCUT2D eigenvalue weighted by Gasteiger charge is -2.21. The lowest BCUT2D eigenvalue weighted by atomic mass is 9.98. The number of benzene rings is 1. The van der Waals surface area contributed by atoms with Crippen LogP contribution in [0.2, 0.25) is 0 Å². The summed E-state index contributed by atoms with van der Waals surface area (Å²) in [5.41, 5.74) is 1.17. The Hall–Kier alpha value is -1.84. The average molecular weight is 262 g/mol. The Labute approximate surface area is 112 Å². The molecule has 0 heterocycles. The molecule has 0 radical (unpaired) electrons. The van der Waals surface area contributed by atoms with E-state index in [0.717, 1.165) is 25.7 Å². The van der Waals surface area contributed by atoms with Gasteiger partial charge in [0.25, 0.3) is 0 Å². The molecule has 0 atom stereocenters. The minimum Gasteiger partial charge on any atom is -0.481 e. The molecule has 0 saturated heterocycles. The Morgan fingerprint density at radius 1 is 1.11 bits per heavy atom. The van der Waals surface area contributed by atoms with E-state index in [2.05, 4.69) is 0 Å². The second-order valence-electron chi connectivity index (χ2n) is 4.93. The summed E-state index contributed by atoms with van der Waals surface area (Å²) in [4.78, 5) is 22.5. The van der Waals surface area contributed by atoms with E-state index in [-0.39, 0.29) is 18.5 Å². The SMILES string of the molecule is O=C(O)Cc1ccc(C(=O)OC2CCCCC2)cc1. The van der Waals surface area contributed by atoms with Gasteiger partial charge in [0.1, 0.15) is 6.10 Å². The van der Waals surface area contributed by atoms with Crippen molar-refractivity contribution in [3.8, 4) is 0 Å². The van der Waals surface area contributed by atoms with E-state index in [4.69, 9.17) is 9.84 Å². The quantitative estimate of drug-likeness (QED) is 0.847. The van der Waals surface area contributed by atoms with Crippen LogP contribution in [0.3, 0.4) is 0 Å². The summed E-state index contributed by atoms with van der Waals surface area (Å²) in [7, 11) is 0. The van der Waals surface area contributed by atoms with Crippen LogP contribution in [0.15, 0.2) is 24.3 Å². The van der Waals surface area contributed by atoms with Crippen molar-refractivity contribution in [2.75, 3.05) is 0 Å². The summed E-state index contributed by atoms with van der Waals surface area (Å²) in [6, 6.07) is 6.57. The predicted molar refractivity (Wildman–Crippen MR) is 70.1 cm³/mol. The summed E-state index contributed by atoms with van der Waals surface area (Å²) in [5, 5.41) is 8.67. The van der Waals surface area contributed by atoms with Crippen molar-refractivity contribution in [1.82, 2.24) is 0 Å². The van der Waals surface area contributed by atoms with Crippen LogP contribution in [-0.4, -0.2) is 23.1 Å². The van der Waals surface area contributed by atoms with Gasteiger partial charge in [0, 0.05) is 0 Å². The van der Waals surface area contributed by atoms with Gasteiger partial charge in [-0.2, -0.15) is 0 Å². The molecule has 0 aromatic heterocycles. The van der Waals surface area contributed by atoms with Gasteiger partial charge in [0.2, 0.25) is 0 Å². The van der Waals surface area contributed by atoms with Crippen molar-refractivity contribution in [3.63, 3.8) is 0 Å². The number of carboxylic acids is 1. The molecule has 19 heavy (non-hydrogen) atoms. The zero-order chi connectivity index (χ0) is 13.7. The molecular formula is C15H18O4. The molecule has 1 fully saturated rings. The molecule has 0 spiro atoms. The van der Waals surface area contributed by atoms with Crippen molar-refractivity contribution < 1.29 is 19.4 Å². The molecule has 102 valence electrons. The van der Waals surface area contributed by atoms with Crippen LogP contribution in [0.5, 0.6) is 0 Å². The van der Waals surface area contributed by atoms with Gasteiger partial charge in [0.15, 0.2) is 0 Å². The van der Waals surface area contributed by atoms with Crippen LogP contribution < -0.4 is 0 Å². The molecule has 1 aromatic carbocycles. The summed E-state index contributed by atoms with van der Waals surface area (Å²) in [6.45, 7) is 0. The maximum Gasteiger partial charge on any atom is 0.338 e. The van der Waals surface area contributed by atoms with E-state index in [0.29, 0.717) is 11.1 Å². The Kier molecular flexibility index (Phi) is 4.55. The number of hydrogen-bond donors (Lipinski definition) is 1. The lowest BCUT2D eigenvalue weighted by Crippen LogP contribution is -2.20. The Morgan fingerprint density at radius 3 is 2.32 bits per heavy atom. The van der Waals surface area contributed by atoms with Crippen LogP contribution in [0.25, 0.3) is 0 Å². The number of aliphatic carboxylic acids is 1. The normalized spacial score (nSPS) is 16.0. The average Bonchev–Trinajstić information content (AvgIpc) is 2.40. The molecule has 1 aliphatic rings. The molecule has 4 nitrogen and oxygen atoms in total. The van der Waals surface area contributed by atoms with Gasteiger partial charge in [-0.3, -0.25) is 4.79 Å². The Morgan fingerprint density at radius 2 is 1.74 bits per heavy atom. The molecule has 1 aromatic rings. The van der Waals surface area contributed by atoms with Crippen LogP contribution >= 0.6 is 0 Å². The van der Waals surface area contributed by atoms with Gasteiger partial charge in [-0.1, -0.05) is 18.6 Å². The molecule has 4 heteroatoms. The van der Waals surface area contributed by atoms with Crippen molar-refractivity contribution in [3.05, 3.63) is 35.4 Å². The molecular weight excluding hydrogens is 244 g/mol. The summed E-state index contributed by atoms with van der Waals surface area (Å²) >= 11 is 0. The van der Waals surface area contributed by atoms with Gasteiger partial charge in [-0.05, 0) is 43.4 Å². The van der Waals surface area contributed by atoms with Crippen LogP contribution in [0.4, 0.5) is 0 Å².